The molecule has 0 aliphatic rings. The van der Waals surface area contributed by atoms with Gasteiger partial charge in [0, 0.05) is 38.2 Å². The molecule has 0 fully saturated rings. The molecule has 3 aromatic heterocycles. The van der Waals surface area contributed by atoms with Gasteiger partial charge in [0.25, 0.3) is 0 Å². The summed E-state index contributed by atoms with van der Waals surface area (Å²) in [5.74, 6) is -0.736. The van der Waals surface area contributed by atoms with E-state index in [-0.39, 0.29) is 28.7 Å². The Balaban J connectivity index is 1.35. The van der Waals surface area contributed by atoms with Gasteiger partial charge in [0.1, 0.15) is 0 Å². The second kappa shape index (κ2) is 11.4. The molecule has 0 aliphatic heterocycles. The van der Waals surface area contributed by atoms with Gasteiger partial charge in [-0.3, -0.25) is 4.57 Å². The molecule has 0 bridgehead atoms. The van der Waals surface area contributed by atoms with Crippen molar-refractivity contribution in [2.24, 2.45) is 0 Å². The van der Waals surface area contributed by atoms with Gasteiger partial charge in [-0.05, 0) is 35.9 Å². The van der Waals surface area contributed by atoms with Crippen LogP contribution in [0.2, 0.25) is 0 Å². The third-order valence-corrected chi connectivity index (χ3v) is 8.97. The average molecular weight is 650 g/mol. The molecule has 0 unspecified atom stereocenters. The van der Waals surface area contributed by atoms with E-state index in [1.807, 2.05) is 72.8 Å². The molecule has 5 heteroatoms. The van der Waals surface area contributed by atoms with Gasteiger partial charge in [0.15, 0.2) is 11.6 Å². The normalized spacial score (nSPS) is 14.4. The summed E-state index contributed by atoms with van der Waals surface area (Å²) in [6, 6.07) is 32.4. The fraction of sp³-hybridized carbons (Fsp3) is 0. The first-order valence-electron chi connectivity index (χ1n) is 21.0. The maximum Gasteiger partial charge on any atom is 0.238 e. The van der Waals surface area contributed by atoms with Gasteiger partial charge in [-0.15, -0.1) is 0 Å². The first-order chi connectivity index (χ1) is 29.0. The first-order valence-corrected chi connectivity index (χ1v) is 16.0. The van der Waals surface area contributed by atoms with Crippen molar-refractivity contribution in [1.29, 1.82) is 0 Å². The van der Waals surface area contributed by atoms with Crippen LogP contribution in [0.3, 0.4) is 0 Å². The Hall–Kier alpha value is -6.85. The van der Waals surface area contributed by atoms with Gasteiger partial charge >= 0.3 is 0 Å². The topological polar surface area (TPSA) is 48.5 Å². The zero-order valence-electron chi connectivity index (χ0n) is 36.2. The van der Waals surface area contributed by atoms with Gasteiger partial charge in [-0.25, -0.2) is 4.98 Å². The molecule has 0 spiro atoms. The smallest absolute Gasteiger partial charge is 0.238 e. The Morgan fingerprint density at radius 1 is 0.400 bits per heavy atom. The summed E-state index contributed by atoms with van der Waals surface area (Å²) in [7, 11) is 0. The highest BCUT2D eigenvalue weighted by Gasteiger charge is 2.21. The molecule has 0 atom stereocenters. The van der Waals surface area contributed by atoms with E-state index >= 15 is 0 Å². The molecular formula is C45H29N5. The molecule has 7 aromatic carbocycles. The summed E-state index contributed by atoms with van der Waals surface area (Å²) in [5.41, 5.74) is 5.49. The van der Waals surface area contributed by atoms with Crippen LogP contribution in [0.25, 0.3) is 89.2 Å². The van der Waals surface area contributed by atoms with Crippen molar-refractivity contribution in [3.8, 4) is 45.5 Å². The summed E-state index contributed by atoms with van der Waals surface area (Å²) in [6.45, 7) is 0. The van der Waals surface area contributed by atoms with Crippen molar-refractivity contribution in [2.45, 2.75) is 0 Å². The van der Waals surface area contributed by atoms with E-state index in [1.165, 1.54) is 0 Å². The van der Waals surface area contributed by atoms with Crippen molar-refractivity contribution >= 4 is 43.6 Å². The van der Waals surface area contributed by atoms with Crippen LogP contribution >= 0.6 is 0 Å². The van der Waals surface area contributed by atoms with Crippen molar-refractivity contribution < 1.29 is 13.7 Å². The Morgan fingerprint density at radius 3 is 1.56 bits per heavy atom. The van der Waals surface area contributed by atoms with Gasteiger partial charge in [-0.2, -0.15) is 9.97 Å². The molecular weight excluding hydrogens is 611 g/mol. The molecule has 234 valence electrons. The van der Waals surface area contributed by atoms with E-state index in [0.29, 0.717) is 11.0 Å². The van der Waals surface area contributed by atoms with Crippen molar-refractivity contribution in [3.05, 3.63) is 176 Å². The lowest BCUT2D eigenvalue weighted by Gasteiger charge is -2.14. The van der Waals surface area contributed by atoms with Crippen molar-refractivity contribution in [3.63, 3.8) is 0 Å². The molecule has 0 radical (unpaired) electrons. The Bertz CT molecular complexity index is 3310. The third-order valence-electron chi connectivity index (χ3n) is 8.97. The van der Waals surface area contributed by atoms with Gasteiger partial charge in [-0.1, -0.05) is 145 Å². The van der Waals surface area contributed by atoms with E-state index in [0.717, 1.165) is 49.4 Å². The molecule has 10 aromatic rings. The Labute approximate surface area is 302 Å². The molecule has 0 saturated carbocycles. The van der Waals surface area contributed by atoms with Crippen LogP contribution in [0.1, 0.15) is 13.7 Å². The molecule has 5 nitrogen and oxygen atoms in total. The monoisotopic (exact) mass is 649 g/mol. The number of para-hydroxylation sites is 3. The molecule has 0 aliphatic carbocycles. The number of hydrogen-bond donors (Lipinski definition) is 0. The van der Waals surface area contributed by atoms with Crippen LogP contribution in [0, 0.1) is 0 Å². The van der Waals surface area contributed by atoms with Gasteiger partial charge < -0.3 is 4.57 Å². The third kappa shape index (κ3) is 4.45. The molecule has 0 saturated heterocycles. The molecule has 10 rings (SSSR count). The van der Waals surface area contributed by atoms with Gasteiger partial charge in [0.2, 0.25) is 5.95 Å². The lowest BCUT2D eigenvalue weighted by molar-refractivity contribution is 0.953. The second-order valence-corrected chi connectivity index (χ2v) is 11.8. The van der Waals surface area contributed by atoms with Crippen molar-refractivity contribution in [1.82, 2.24) is 24.1 Å². The molecule has 50 heavy (non-hydrogen) atoms. The minimum Gasteiger partial charge on any atom is -0.309 e. The van der Waals surface area contributed by atoms with E-state index in [1.54, 1.807) is 4.57 Å². The Morgan fingerprint density at radius 2 is 0.920 bits per heavy atom. The number of fused-ring (bicyclic) bond motifs is 6. The minimum atomic E-state index is -0.611. The summed E-state index contributed by atoms with van der Waals surface area (Å²) in [6.07, 6.45) is 0. The van der Waals surface area contributed by atoms with E-state index in [2.05, 4.69) is 52.0 Å². The molecule has 0 amide bonds. The zero-order chi connectivity index (χ0) is 41.7. The average Bonchev–Trinajstić information content (AvgIpc) is 3.77. The lowest BCUT2D eigenvalue weighted by Crippen LogP contribution is -2.06. The van der Waals surface area contributed by atoms with Crippen LogP contribution in [0.5, 0.6) is 0 Å². The molecule has 3 heterocycles. The largest absolute Gasteiger partial charge is 0.309 e. The van der Waals surface area contributed by atoms with Crippen molar-refractivity contribution in [2.75, 3.05) is 0 Å². The predicted octanol–water partition coefficient (Wildman–Crippen LogP) is 11.1. The van der Waals surface area contributed by atoms with E-state index in [4.69, 9.17) is 23.7 Å². The number of nitrogens with zero attached hydrogens (tertiary/aromatic N) is 5. The summed E-state index contributed by atoms with van der Waals surface area (Å²) in [5, 5.41) is 3.69. The summed E-state index contributed by atoms with van der Waals surface area (Å²) in [4.78, 5) is 14.1. The SMILES string of the molecule is [2H]c1c([2H])c([2H])c(-c2nc(-c3c([2H])c([2H])c([2H])c([2H])c3[2H])nc(-n3c4ccccc4c4cc5c6ccccc6n(-c6ccccc6-c6ccccc6)c5cc43)n2)c([2H])c1[2H]. The number of benzene rings is 7. The first kappa shape index (κ1) is 19.8. The fourth-order valence-electron chi connectivity index (χ4n) is 6.85. The highest BCUT2D eigenvalue weighted by Crippen LogP contribution is 2.41. The second-order valence-electron chi connectivity index (χ2n) is 11.8. The van der Waals surface area contributed by atoms with Crippen LogP contribution < -0.4 is 0 Å². The summed E-state index contributed by atoms with van der Waals surface area (Å²) >= 11 is 0. The Kier molecular flexibility index (Phi) is 4.52. The highest BCUT2D eigenvalue weighted by atomic mass is 15.2. The van der Waals surface area contributed by atoms with Crippen LogP contribution in [-0.4, -0.2) is 24.1 Å². The van der Waals surface area contributed by atoms with E-state index in [9.17, 15) is 0 Å². The minimum absolute atomic E-state index is 0.0634. The van der Waals surface area contributed by atoms with E-state index < -0.39 is 60.4 Å². The lowest BCUT2D eigenvalue weighted by atomic mass is 10.0. The summed E-state index contributed by atoms with van der Waals surface area (Å²) < 4.78 is 89.4. The van der Waals surface area contributed by atoms with Crippen LogP contribution in [0.15, 0.2) is 176 Å². The highest BCUT2D eigenvalue weighted by molar-refractivity contribution is 6.19. The maximum absolute atomic E-state index is 8.82. The quantitative estimate of drug-likeness (QED) is 0.186. The molecule has 0 N–H and O–H groups in total. The number of hydrogen-bond acceptors (Lipinski definition) is 3. The van der Waals surface area contributed by atoms with Crippen LogP contribution in [-0.2, 0) is 0 Å². The predicted molar refractivity (Wildman–Crippen MR) is 205 cm³/mol. The fourth-order valence-corrected chi connectivity index (χ4v) is 6.85. The van der Waals surface area contributed by atoms with Gasteiger partial charge in [0.05, 0.1) is 41.5 Å². The maximum atomic E-state index is 8.82. The number of rotatable bonds is 5. The number of aromatic nitrogens is 5. The van der Waals surface area contributed by atoms with Crippen LogP contribution in [0.4, 0.5) is 0 Å². The standard InChI is InChI=1S/C45H29N5/c1-4-16-30(17-5-1)33-22-10-13-25-38(33)49-39-26-14-11-23-34(39)36-28-37-35-24-12-15-27-40(35)50(42(37)29-41(36)49)45-47-43(31-18-6-2-7-19-31)46-44(48-45)32-20-8-3-9-21-32/h1-29H/i2D,3D,6D,7D,8D,9D,18D,19D,20D,21D. The zero-order valence-corrected chi connectivity index (χ0v) is 26.2.